The third kappa shape index (κ3) is 3.82. The summed E-state index contributed by atoms with van der Waals surface area (Å²) in [6.07, 6.45) is 0. The molecule has 0 spiro atoms. The Morgan fingerprint density at radius 2 is 1.89 bits per heavy atom. The van der Waals surface area contributed by atoms with Crippen LogP contribution in [0, 0.1) is 5.82 Å². The predicted octanol–water partition coefficient (Wildman–Crippen LogP) is 5.06. The Morgan fingerprint density at radius 3 is 2.61 bits per heavy atom. The first-order chi connectivity index (χ1) is 8.67. The summed E-state index contributed by atoms with van der Waals surface area (Å²) in [7, 11) is 0. The summed E-state index contributed by atoms with van der Waals surface area (Å²) in [6.45, 7) is 0.349. The summed E-state index contributed by atoms with van der Waals surface area (Å²) in [5, 5.41) is 0.787. The largest absolute Gasteiger partial charge is 0.489 e. The Labute approximate surface area is 122 Å². The Balaban J connectivity index is 2.06. The van der Waals surface area contributed by atoms with Crippen molar-refractivity contribution in [3.8, 4) is 5.75 Å². The molecule has 2 aromatic carbocycles. The number of alkyl halides is 1. The van der Waals surface area contributed by atoms with Gasteiger partial charge in [-0.25, -0.2) is 4.39 Å². The van der Waals surface area contributed by atoms with E-state index in [0.29, 0.717) is 6.61 Å². The molecule has 0 unspecified atom stereocenters. The van der Waals surface area contributed by atoms with Crippen LogP contribution >= 0.6 is 31.9 Å². The smallest absolute Gasteiger partial charge is 0.124 e. The second-order valence-electron chi connectivity index (χ2n) is 3.85. The van der Waals surface area contributed by atoms with Crippen molar-refractivity contribution >= 4 is 31.9 Å². The van der Waals surface area contributed by atoms with E-state index in [1.807, 2.05) is 30.3 Å². The molecule has 0 saturated carbocycles. The van der Waals surface area contributed by atoms with Gasteiger partial charge in [0.25, 0.3) is 0 Å². The molecule has 4 heteroatoms. The summed E-state index contributed by atoms with van der Waals surface area (Å²) >= 11 is 6.66. The maximum atomic E-state index is 13.2. The van der Waals surface area contributed by atoms with Crippen molar-refractivity contribution in [2.75, 3.05) is 0 Å². The Kier molecular flexibility index (Phi) is 4.78. The topological polar surface area (TPSA) is 9.23 Å². The SMILES string of the molecule is Fc1cc(Br)cc(COc2cccc(CBr)c2)c1. The van der Waals surface area contributed by atoms with E-state index in [4.69, 9.17) is 4.74 Å². The van der Waals surface area contributed by atoms with E-state index in [1.54, 1.807) is 0 Å². The van der Waals surface area contributed by atoms with Crippen molar-refractivity contribution in [3.63, 3.8) is 0 Å². The third-order valence-electron chi connectivity index (χ3n) is 2.38. The summed E-state index contributed by atoms with van der Waals surface area (Å²) in [4.78, 5) is 0. The Morgan fingerprint density at radius 1 is 1.06 bits per heavy atom. The van der Waals surface area contributed by atoms with E-state index in [1.165, 1.54) is 12.1 Å². The average molecular weight is 374 g/mol. The average Bonchev–Trinajstić information content (AvgIpc) is 2.35. The molecule has 0 bridgehead atoms. The third-order valence-corrected chi connectivity index (χ3v) is 3.49. The lowest BCUT2D eigenvalue weighted by molar-refractivity contribution is 0.305. The lowest BCUT2D eigenvalue weighted by Gasteiger charge is -2.08. The van der Waals surface area contributed by atoms with Crippen molar-refractivity contribution in [3.05, 3.63) is 63.9 Å². The molecule has 2 rings (SSSR count). The van der Waals surface area contributed by atoms with Gasteiger partial charge < -0.3 is 4.74 Å². The van der Waals surface area contributed by atoms with Gasteiger partial charge in [0.15, 0.2) is 0 Å². The number of rotatable bonds is 4. The highest BCUT2D eigenvalue weighted by Crippen LogP contribution is 2.19. The van der Waals surface area contributed by atoms with Crippen molar-refractivity contribution in [2.24, 2.45) is 0 Å². The van der Waals surface area contributed by atoms with Gasteiger partial charge in [-0.15, -0.1) is 0 Å². The normalized spacial score (nSPS) is 10.4. The zero-order valence-electron chi connectivity index (χ0n) is 9.50. The minimum Gasteiger partial charge on any atom is -0.489 e. The number of ether oxygens (including phenoxy) is 1. The molecule has 0 N–H and O–H groups in total. The first-order valence-corrected chi connectivity index (χ1v) is 7.31. The molecule has 0 saturated heterocycles. The lowest BCUT2D eigenvalue weighted by atomic mass is 10.2. The fourth-order valence-corrected chi connectivity index (χ4v) is 2.44. The fraction of sp³-hybridized carbons (Fsp3) is 0.143. The summed E-state index contributed by atoms with van der Waals surface area (Å²) in [5.74, 6) is 0.518. The van der Waals surface area contributed by atoms with Gasteiger partial charge in [-0.2, -0.15) is 0 Å². The Bertz CT molecular complexity index is 523. The van der Waals surface area contributed by atoms with Crippen LogP contribution in [0.15, 0.2) is 46.9 Å². The van der Waals surface area contributed by atoms with Gasteiger partial charge >= 0.3 is 0 Å². The summed E-state index contributed by atoms with van der Waals surface area (Å²) < 4.78 is 19.5. The van der Waals surface area contributed by atoms with Crippen LogP contribution in [-0.4, -0.2) is 0 Å². The maximum absolute atomic E-state index is 13.2. The van der Waals surface area contributed by atoms with Gasteiger partial charge in [-0.05, 0) is 41.5 Å². The van der Waals surface area contributed by atoms with E-state index >= 15 is 0 Å². The lowest BCUT2D eigenvalue weighted by Crippen LogP contribution is -1.96. The number of hydrogen-bond acceptors (Lipinski definition) is 1. The van der Waals surface area contributed by atoms with E-state index in [2.05, 4.69) is 31.9 Å². The standard InChI is InChI=1S/C14H11Br2FO/c15-8-10-2-1-3-14(6-10)18-9-11-4-12(16)7-13(17)5-11/h1-7H,8-9H2. The first kappa shape index (κ1) is 13.6. The molecule has 0 amide bonds. The van der Waals surface area contributed by atoms with Crippen LogP contribution in [0.5, 0.6) is 5.75 Å². The van der Waals surface area contributed by atoms with Crippen LogP contribution in [0.2, 0.25) is 0 Å². The molecular weight excluding hydrogens is 363 g/mol. The van der Waals surface area contributed by atoms with Crippen LogP contribution in [-0.2, 0) is 11.9 Å². The fourth-order valence-electron chi connectivity index (χ4n) is 1.58. The van der Waals surface area contributed by atoms with Gasteiger partial charge in [0, 0.05) is 9.80 Å². The highest BCUT2D eigenvalue weighted by Gasteiger charge is 2.01. The first-order valence-electron chi connectivity index (χ1n) is 5.40. The monoisotopic (exact) mass is 372 g/mol. The zero-order valence-corrected chi connectivity index (χ0v) is 12.7. The van der Waals surface area contributed by atoms with Crippen LogP contribution in [0.4, 0.5) is 4.39 Å². The van der Waals surface area contributed by atoms with Gasteiger partial charge in [0.2, 0.25) is 0 Å². The van der Waals surface area contributed by atoms with Crippen molar-refractivity contribution < 1.29 is 9.13 Å². The van der Waals surface area contributed by atoms with E-state index in [9.17, 15) is 4.39 Å². The molecule has 0 heterocycles. The number of hydrogen-bond donors (Lipinski definition) is 0. The molecular formula is C14H11Br2FO. The second-order valence-corrected chi connectivity index (χ2v) is 5.32. The van der Waals surface area contributed by atoms with Crippen molar-refractivity contribution in [1.82, 2.24) is 0 Å². The van der Waals surface area contributed by atoms with Crippen molar-refractivity contribution in [1.29, 1.82) is 0 Å². The van der Waals surface area contributed by atoms with Crippen molar-refractivity contribution in [2.45, 2.75) is 11.9 Å². The van der Waals surface area contributed by atoms with Crippen LogP contribution < -0.4 is 4.74 Å². The van der Waals surface area contributed by atoms with E-state index in [-0.39, 0.29) is 5.82 Å². The molecule has 1 nitrogen and oxygen atoms in total. The molecule has 0 fully saturated rings. The maximum Gasteiger partial charge on any atom is 0.124 e. The minimum absolute atomic E-state index is 0.266. The summed E-state index contributed by atoms with van der Waals surface area (Å²) in [5.41, 5.74) is 1.94. The molecule has 0 atom stereocenters. The van der Waals surface area contributed by atoms with E-state index < -0.39 is 0 Å². The molecule has 0 aliphatic rings. The van der Waals surface area contributed by atoms with Crippen LogP contribution in [0.3, 0.4) is 0 Å². The molecule has 0 aliphatic carbocycles. The second kappa shape index (κ2) is 6.34. The highest BCUT2D eigenvalue weighted by atomic mass is 79.9. The van der Waals surface area contributed by atoms with Crippen LogP contribution in [0.1, 0.15) is 11.1 Å². The molecule has 94 valence electrons. The predicted molar refractivity (Wildman–Crippen MR) is 77.5 cm³/mol. The molecule has 0 aromatic heterocycles. The van der Waals surface area contributed by atoms with Crippen LogP contribution in [0.25, 0.3) is 0 Å². The zero-order chi connectivity index (χ0) is 13.0. The summed E-state index contributed by atoms with van der Waals surface area (Å²) in [6, 6.07) is 12.5. The van der Waals surface area contributed by atoms with E-state index in [0.717, 1.165) is 26.7 Å². The number of halogens is 3. The molecule has 18 heavy (non-hydrogen) atoms. The Hall–Kier alpha value is -0.870. The quantitative estimate of drug-likeness (QED) is 0.680. The van der Waals surface area contributed by atoms with Gasteiger partial charge in [0.1, 0.15) is 18.2 Å². The van der Waals surface area contributed by atoms with Gasteiger partial charge in [-0.1, -0.05) is 44.0 Å². The minimum atomic E-state index is -0.266. The number of benzene rings is 2. The molecule has 0 radical (unpaired) electrons. The van der Waals surface area contributed by atoms with Gasteiger partial charge in [-0.3, -0.25) is 0 Å². The highest BCUT2D eigenvalue weighted by molar-refractivity contribution is 9.10. The van der Waals surface area contributed by atoms with Gasteiger partial charge in [0.05, 0.1) is 0 Å². The molecule has 0 aliphatic heterocycles. The molecule has 2 aromatic rings.